The average Bonchev–Trinajstić information content (AvgIpc) is 3.05. The third-order valence-corrected chi connectivity index (χ3v) is 4.72. The summed E-state index contributed by atoms with van der Waals surface area (Å²) in [5.41, 5.74) is 2.23. The standard InChI is InChI=1S/C16H13ClN4O2S/c17-14-8-6-12(7-9-14)16-13(10-18-20-16)11-19-21-24(22,23)15-4-2-1-3-5-15/h1-11,21H,(H,18,20). The van der Waals surface area contributed by atoms with Gasteiger partial charge >= 0.3 is 0 Å². The van der Waals surface area contributed by atoms with Gasteiger partial charge in [0.15, 0.2) is 0 Å². The quantitative estimate of drug-likeness (QED) is 0.541. The van der Waals surface area contributed by atoms with Crippen LogP contribution >= 0.6 is 11.6 Å². The van der Waals surface area contributed by atoms with Crippen molar-refractivity contribution in [2.45, 2.75) is 4.90 Å². The zero-order valence-corrected chi connectivity index (χ0v) is 13.9. The minimum Gasteiger partial charge on any atom is -0.277 e. The molecule has 0 atom stereocenters. The first-order valence-electron chi connectivity index (χ1n) is 6.95. The van der Waals surface area contributed by atoms with Crippen molar-refractivity contribution in [2.75, 3.05) is 0 Å². The van der Waals surface area contributed by atoms with Gasteiger partial charge in [-0.15, -0.1) is 0 Å². The molecule has 24 heavy (non-hydrogen) atoms. The summed E-state index contributed by atoms with van der Waals surface area (Å²) in [6, 6.07) is 15.2. The van der Waals surface area contributed by atoms with Crippen LogP contribution in [0.2, 0.25) is 5.02 Å². The van der Waals surface area contributed by atoms with Crippen LogP contribution in [-0.2, 0) is 10.0 Å². The Labute approximate surface area is 144 Å². The van der Waals surface area contributed by atoms with Gasteiger partial charge in [-0.1, -0.05) is 41.9 Å². The molecule has 1 heterocycles. The molecular weight excluding hydrogens is 348 g/mol. The number of aromatic amines is 1. The predicted octanol–water partition coefficient (Wildman–Crippen LogP) is 3.04. The van der Waals surface area contributed by atoms with E-state index in [0.29, 0.717) is 16.3 Å². The van der Waals surface area contributed by atoms with Crippen molar-refractivity contribution in [3.05, 3.63) is 71.4 Å². The number of halogens is 1. The molecule has 122 valence electrons. The van der Waals surface area contributed by atoms with Gasteiger partial charge in [-0.2, -0.15) is 18.6 Å². The molecule has 3 aromatic rings. The molecular formula is C16H13ClN4O2S. The number of hydrazone groups is 1. The number of rotatable bonds is 5. The number of hydrogen-bond donors (Lipinski definition) is 2. The van der Waals surface area contributed by atoms with Crippen molar-refractivity contribution in [1.82, 2.24) is 15.0 Å². The SMILES string of the molecule is O=S(=O)(NN=Cc1cn[nH]c1-c1ccc(Cl)cc1)c1ccccc1. The van der Waals surface area contributed by atoms with Crippen molar-refractivity contribution < 1.29 is 8.42 Å². The van der Waals surface area contributed by atoms with Crippen molar-refractivity contribution >= 4 is 27.8 Å². The molecule has 0 aliphatic carbocycles. The van der Waals surface area contributed by atoms with Crippen molar-refractivity contribution in [3.63, 3.8) is 0 Å². The molecule has 0 amide bonds. The van der Waals surface area contributed by atoms with Crippen molar-refractivity contribution in [3.8, 4) is 11.3 Å². The Kier molecular flexibility index (Phi) is 4.64. The second-order valence-electron chi connectivity index (χ2n) is 4.87. The summed E-state index contributed by atoms with van der Waals surface area (Å²) < 4.78 is 24.2. The van der Waals surface area contributed by atoms with Crippen LogP contribution in [0.5, 0.6) is 0 Å². The van der Waals surface area contributed by atoms with Gasteiger partial charge in [-0.3, -0.25) is 5.10 Å². The van der Waals surface area contributed by atoms with Crippen LogP contribution in [0.3, 0.4) is 0 Å². The van der Waals surface area contributed by atoms with Crippen LogP contribution in [0.1, 0.15) is 5.56 Å². The molecule has 6 nitrogen and oxygen atoms in total. The molecule has 2 N–H and O–H groups in total. The molecule has 1 aromatic heterocycles. The van der Waals surface area contributed by atoms with Crippen LogP contribution in [0.15, 0.2) is 70.8 Å². The summed E-state index contributed by atoms with van der Waals surface area (Å²) in [6.07, 6.45) is 2.96. The fourth-order valence-electron chi connectivity index (χ4n) is 2.06. The van der Waals surface area contributed by atoms with Gasteiger partial charge in [0.2, 0.25) is 0 Å². The Hall–Kier alpha value is -2.64. The van der Waals surface area contributed by atoms with Crippen LogP contribution in [0, 0.1) is 0 Å². The number of sulfonamides is 1. The lowest BCUT2D eigenvalue weighted by molar-refractivity contribution is 0.584. The minimum absolute atomic E-state index is 0.146. The molecule has 0 spiro atoms. The van der Waals surface area contributed by atoms with Gasteiger partial charge in [-0.25, -0.2) is 4.83 Å². The summed E-state index contributed by atoms with van der Waals surface area (Å²) in [6.45, 7) is 0. The minimum atomic E-state index is -3.69. The van der Waals surface area contributed by atoms with Crippen LogP contribution < -0.4 is 4.83 Å². The maximum absolute atomic E-state index is 12.1. The number of nitrogens with zero attached hydrogens (tertiary/aromatic N) is 2. The molecule has 0 saturated heterocycles. The summed E-state index contributed by atoms with van der Waals surface area (Å²) in [5.74, 6) is 0. The lowest BCUT2D eigenvalue weighted by Crippen LogP contribution is -2.18. The van der Waals surface area contributed by atoms with Gasteiger partial charge in [0.1, 0.15) is 0 Å². The topological polar surface area (TPSA) is 87.2 Å². The van der Waals surface area contributed by atoms with E-state index < -0.39 is 10.0 Å². The van der Waals surface area contributed by atoms with Gasteiger partial charge < -0.3 is 0 Å². The number of hydrogen-bond acceptors (Lipinski definition) is 4. The number of aromatic nitrogens is 2. The molecule has 0 aliphatic heterocycles. The van der Waals surface area contributed by atoms with Crippen LogP contribution in [0.4, 0.5) is 0 Å². The second kappa shape index (κ2) is 6.86. The fourth-order valence-corrected chi connectivity index (χ4v) is 3.00. The summed E-state index contributed by atoms with van der Waals surface area (Å²) >= 11 is 5.88. The zero-order chi connectivity index (χ0) is 17.0. The highest BCUT2D eigenvalue weighted by Crippen LogP contribution is 2.21. The molecule has 3 rings (SSSR count). The highest BCUT2D eigenvalue weighted by atomic mass is 35.5. The number of nitrogens with one attached hydrogen (secondary N) is 2. The van der Waals surface area contributed by atoms with Gasteiger partial charge in [0.05, 0.1) is 23.0 Å². The summed E-state index contributed by atoms with van der Waals surface area (Å²) in [7, 11) is -3.69. The van der Waals surface area contributed by atoms with E-state index in [0.717, 1.165) is 5.56 Å². The lowest BCUT2D eigenvalue weighted by atomic mass is 10.1. The first-order valence-corrected chi connectivity index (χ1v) is 8.81. The lowest BCUT2D eigenvalue weighted by Gasteiger charge is -2.03. The Morgan fingerprint density at radius 3 is 2.50 bits per heavy atom. The van der Waals surface area contributed by atoms with E-state index >= 15 is 0 Å². The zero-order valence-electron chi connectivity index (χ0n) is 12.3. The number of benzene rings is 2. The van der Waals surface area contributed by atoms with E-state index in [1.165, 1.54) is 18.3 Å². The van der Waals surface area contributed by atoms with Gasteiger partial charge in [0.25, 0.3) is 10.0 Å². The molecule has 0 radical (unpaired) electrons. The normalized spacial score (nSPS) is 11.7. The third kappa shape index (κ3) is 3.64. The Morgan fingerprint density at radius 1 is 1.08 bits per heavy atom. The van der Waals surface area contributed by atoms with Gasteiger partial charge in [-0.05, 0) is 24.3 Å². The maximum Gasteiger partial charge on any atom is 0.276 e. The molecule has 8 heteroatoms. The highest BCUT2D eigenvalue weighted by molar-refractivity contribution is 7.89. The highest BCUT2D eigenvalue weighted by Gasteiger charge is 2.11. The smallest absolute Gasteiger partial charge is 0.276 e. The first-order chi connectivity index (χ1) is 11.6. The Bertz CT molecular complexity index is 951. The van der Waals surface area contributed by atoms with E-state index in [2.05, 4.69) is 20.1 Å². The molecule has 0 fully saturated rings. The molecule has 0 unspecified atom stereocenters. The summed E-state index contributed by atoms with van der Waals surface area (Å²) in [4.78, 5) is 2.33. The largest absolute Gasteiger partial charge is 0.277 e. The predicted molar refractivity (Wildman–Crippen MR) is 93.4 cm³/mol. The molecule has 0 bridgehead atoms. The second-order valence-corrected chi connectivity index (χ2v) is 6.97. The molecule has 2 aromatic carbocycles. The van der Waals surface area contributed by atoms with Crippen molar-refractivity contribution in [2.24, 2.45) is 5.10 Å². The Balaban J connectivity index is 1.79. The third-order valence-electron chi connectivity index (χ3n) is 3.23. The molecule has 0 saturated carbocycles. The first kappa shape index (κ1) is 16.2. The van der Waals surface area contributed by atoms with E-state index in [1.54, 1.807) is 36.5 Å². The van der Waals surface area contributed by atoms with E-state index in [-0.39, 0.29) is 4.90 Å². The maximum atomic E-state index is 12.1. The number of H-pyrrole nitrogens is 1. The van der Waals surface area contributed by atoms with Crippen LogP contribution in [0.25, 0.3) is 11.3 Å². The van der Waals surface area contributed by atoms with Crippen LogP contribution in [-0.4, -0.2) is 24.8 Å². The van der Waals surface area contributed by atoms with Gasteiger partial charge in [0, 0.05) is 16.1 Å². The average molecular weight is 361 g/mol. The monoisotopic (exact) mass is 360 g/mol. The fraction of sp³-hybridized carbons (Fsp3) is 0. The molecule has 0 aliphatic rings. The van der Waals surface area contributed by atoms with E-state index in [1.807, 2.05) is 12.1 Å². The Morgan fingerprint density at radius 2 is 1.79 bits per heavy atom. The van der Waals surface area contributed by atoms with E-state index in [4.69, 9.17) is 11.6 Å². The van der Waals surface area contributed by atoms with Crippen molar-refractivity contribution in [1.29, 1.82) is 0 Å². The summed E-state index contributed by atoms with van der Waals surface area (Å²) in [5, 5.41) is 11.3. The van der Waals surface area contributed by atoms with E-state index in [9.17, 15) is 8.42 Å².